The summed E-state index contributed by atoms with van der Waals surface area (Å²) < 4.78 is 0. The summed E-state index contributed by atoms with van der Waals surface area (Å²) in [4.78, 5) is 29.0. The van der Waals surface area contributed by atoms with E-state index in [1.807, 2.05) is 24.3 Å². The molecule has 2 aromatic carbocycles. The quantitative estimate of drug-likeness (QED) is 0.336. The summed E-state index contributed by atoms with van der Waals surface area (Å²) in [6, 6.07) is 14.3. The summed E-state index contributed by atoms with van der Waals surface area (Å²) in [5.41, 5.74) is 3.03. The number of hydrogen-bond acceptors (Lipinski definition) is 4. The lowest BCUT2D eigenvalue weighted by Gasteiger charge is -2.23. The molecule has 0 unspecified atom stereocenters. The molecule has 1 heterocycles. The van der Waals surface area contributed by atoms with Gasteiger partial charge in [-0.05, 0) is 87.4 Å². The van der Waals surface area contributed by atoms with Crippen LogP contribution in [0.2, 0.25) is 0 Å². The molecule has 1 aliphatic rings. The average Bonchev–Trinajstić information content (AvgIpc) is 3.34. The minimum absolute atomic E-state index is 0.0109. The molecule has 9 heteroatoms. The summed E-state index contributed by atoms with van der Waals surface area (Å²) >= 11 is 11.7. The van der Waals surface area contributed by atoms with E-state index in [2.05, 4.69) is 25.8 Å². The number of benzene rings is 2. The number of likely N-dealkylation sites (tertiary alicyclic amines) is 1. The Bertz CT molecular complexity index is 897. The molecule has 3 N–H and O–H groups in total. The summed E-state index contributed by atoms with van der Waals surface area (Å²) in [6.07, 6.45) is 3.90. The maximum absolute atomic E-state index is 12.4. The number of halogens is 2. The van der Waals surface area contributed by atoms with Gasteiger partial charge in [0.15, 0.2) is 0 Å². The molecule has 184 valence electrons. The van der Waals surface area contributed by atoms with Crippen LogP contribution < -0.4 is 20.9 Å². The largest absolute Gasteiger partial charge is 0.369 e. The van der Waals surface area contributed by atoms with Crippen molar-refractivity contribution in [1.29, 1.82) is 0 Å². The molecule has 0 bridgehead atoms. The number of nitrogens with zero attached hydrogens (tertiary/aromatic N) is 2. The van der Waals surface area contributed by atoms with Crippen LogP contribution in [-0.4, -0.2) is 61.3 Å². The maximum Gasteiger partial charge on any atom is 0.323 e. The number of alkyl halides is 2. The van der Waals surface area contributed by atoms with Crippen LogP contribution in [0.3, 0.4) is 0 Å². The van der Waals surface area contributed by atoms with Crippen LogP contribution in [0.5, 0.6) is 0 Å². The second-order valence-corrected chi connectivity index (χ2v) is 9.02. The van der Waals surface area contributed by atoms with Gasteiger partial charge in [-0.15, -0.1) is 23.2 Å². The number of amides is 3. The summed E-state index contributed by atoms with van der Waals surface area (Å²) in [5.74, 6) is 1.04. The van der Waals surface area contributed by atoms with Gasteiger partial charge in [0.05, 0.1) is 0 Å². The van der Waals surface area contributed by atoms with Crippen LogP contribution in [-0.2, 0) is 4.79 Å². The molecule has 2 aromatic rings. The van der Waals surface area contributed by atoms with Gasteiger partial charge in [0.25, 0.3) is 0 Å². The van der Waals surface area contributed by atoms with Crippen LogP contribution in [0, 0.1) is 0 Å². The number of urea groups is 1. The molecule has 1 aliphatic heterocycles. The molecule has 0 saturated carbocycles. The van der Waals surface area contributed by atoms with Gasteiger partial charge in [-0.1, -0.05) is 0 Å². The molecule has 7 nitrogen and oxygen atoms in total. The van der Waals surface area contributed by atoms with E-state index in [1.165, 1.54) is 12.8 Å². The van der Waals surface area contributed by atoms with Crippen LogP contribution >= 0.6 is 23.2 Å². The van der Waals surface area contributed by atoms with Crippen molar-refractivity contribution in [2.45, 2.75) is 25.7 Å². The first kappa shape index (κ1) is 26.1. The predicted octanol–water partition coefficient (Wildman–Crippen LogP) is 5.43. The van der Waals surface area contributed by atoms with Gasteiger partial charge >= 0.3 is 6.03 Å². The lowest BCUT2D eigenvalue weighted by molar-refractivity contribution is -0.116. The topological polar surface area (TPSA) is 76.7 Å². The first-order valence-corrected chi connectivity index (χ1v) is 12.8. The van der Waals surface area contributed by atoms with Crippen molar-refractivity contribution >= 4 is 57.9 Å². The third kappa shape index (κ3) is 8.70. The highest BCUT2D eigenvalue weighted by molar-refractivity contribution is 6.18. The van der Waals surface area contributed by atoms with Crippen molar-refractivity contribution in [1.82, 2.24) is 4.90 Å². The molecule has 0 aliphatic carbocycles. The number of anilines is 4. The van der Waals surface area contributed by atoms with Crippen molar-refractivity contribution in [2.24, 2.45) is 0 Å². The third-order valence-electron chi connectivity index (χ3n) is 5.70. The van der Waals surface area contributed by atoms with E-state index in [0.29, 0.717) is 48.3 Å². The van der Waals surface area contributed by atoms with Gasteiger partial charge in [-0.2, -0.15) is 0 Å². The highest BCUT2D eigenvalue weighted by atomic mass is 35.5. The average molecular weight is 506 g/mol. The van der Waals surface area contributed by atoms with Crippen molar-refractivity contribution in [3.8, 4) is 0 Å². The fourth-order valence-corrected chi connectivity index (χ4v) is 4.36. The van der Waals surface area contributed by atoms with E-state index in [4.69, 9.17) is 23.2 Å². The molecule has 0 spiro atoms. The number of carbonyl (C=O) groups is 2. The van der Waals surface area contributed by atoms with Gasteiger partial charge in [-0.3, -0.25) is 4.79 Å². The molecule has 0 radical (unpaired) electrons. The van der Waals surface area contributed by atoms with E-state index >= 15 is 0 Å². The lowest BCUT2D eigenvalue weighted by Crippen LogP contribution is -2.27. The Morgan fingerprint density at radius 3 is 1.82 bits per heavy atom. The summed E-state index contributed by atoms with van der Waals surface area (Å²) in [7, 11) is 0. The molecule has 34 heavy (non-hydrogen) atoms. The predicted molar refractivity (Wildman–Crippen MR) is 143 cm³/mol. The van der Waals surface area contributed by atoms with Crippen LogP contribution in [0.25, 0.3) is 0 Å². The van der Waals surface area contributed by atoms with E-state index in [-0.39, 0.29) is 11.9 Å². The standard InChI is InChI=1S/C25H33Cl2N5O2/c26-13-18-32(19-14-27)23-11-9-22(10-12-23)30-25(34)29-21-7-5-20(6-8-21)28-24(33)4-3-17-31-15-1-2-16-31/h5-12H,1-4,13-19H2,(H,28,33)(H2,29,30,34). The Morgan fingerprint density at radius 2 is 1.29 bits per heavy atom. The Hall–Kier alpha value is -2.48. The number of nitrogens with one attached hydrogen (secondary N) is 3. The number of carbonyl (C=O) groups excluding carboxylic acids is 2. The zero-order valence-corrected chi connectivity index (χ0v) is 20.9. The van der Waals surface area contributed by atoms with Gasteiger partial charge in [0.1, 0.15) is 0 Å². The maximum atomic E-state index is 12.4. The van der Waals surface area contributed by atoms with Crippen molar-refractivity contribution < 1.29 is 9.59 Å². The highest BCUT2D eigenvalue weighted by Gasteiger charge is 2.12. The highest BCUT2D eigenvalue weighted by Crippen LogP contribution is 2.19. The number of hydrogen-bond donors (Lipinski definition) is 3. The van der Waals surface area contributed by atoms with Crippen LogP contribution in [0.15, 0.2) is 48.5 Å². The molecule has 1 fully saturated rings. The van der Waals surface area contributed by atoms with E-state index in [9.17, 15) is 9.59 Å². The SMILES string of the molecule is O=C(CCCN1CCCC1)Nc1ccc(NC(=O)Nc2ccc(N(CCCl)CCCl)cc2)cc1. The minimum Gasteiger partial charge on any atom is -0.369 e. The van der Waals surface area contributed by atoms with Crippen molar-refractivity contribution in [2.75, 3.05) is 65.3 Å². The fraction of sp³-hybridized carbons (Fsp3) is 0.440. The Morgan fingerprint density at radius 1 is 0.794 bits per heavy atom. The van der Waals surface area contributed by atoms with Crippen LogP contribution in [0.4, 0.5) is 27.5 Å². The van der Waals surface area contributed by atoms with Crippen molar-refractivity contribution in [3.05, 3.63) is 48.5 Å². The summed E-state index contributed by atoms with van der Waals surface area (Å²) in [5, 5.41) is 8.53. The second kappa shape index (κ2) is 14.0. The van der Waals surface area contributed by atoms with Crippen LogP contribution in [0.1, 0.15) is 25.7 Å². The fourth-order valence-electron chi connectivity index (χ4n) is 3.95. The molecule has 0 aromatic heterocycles. The zero-order valence-electron chi connectivity index (χ0n) is 19.4. The first-order chi connectivity index (χ1) is 16.6. The first-order valence-electron chi connectivity index (χ1n) is 11.7. The minimum atomic E-state index is -0.343. The third-order valence-corrected chi connectivity index (χ3v) is 6.04. The molecule has 1 saturated heterocycles. The summed E-state index contributed by atoms with van der Waals surface area (Å²) in [6.45, 7) is 4.69. The van der Waals surface area contributed by atoms with Gasteiger partial charge in [0.2, 0.25) is 5.91 Å². The van der Waals surface area contributed by atoms with Gasteiger partial charge in [-0.25, -0.2) is 4.79 Å². The smallest absolute Gasteiger partial charge is 0.323 e. The Kier molecular flexibility index (Phi) is 10.8. The molecular weight excluding hydrogens is 473 g/mol. The second-order valence-electron chi connectivity index (χ2n) is 8.27. The van der Waals surface area contributed by atoms with Gasteiger partial charge in [0, 0.05) is 54.0 Å². The van der Waals surface area contributed by atoms with E-state index in [1.54, 1.807) is 24.3 Å². The molecule has 3 rings (SSSR count). The monoisotopic (exact) mass is 505 g/mol. The normalized spacial score (nSPS) is 13.5. The number of rotatable bonds is 12. The zero-order chi connectivity index (χ0) is 24.2. The molecule has 0 atom stereocenters. The van der Waals surface area contributed by atoms with Gasteiger partial charge < -0.3 is 25.8 Å². The van der Waals surface area contributed by atoms with E-state index < -0.39 is 0 Å². The Balaban J connectivity index is 1.42. The molecule has 3 amide bonds. The lowest BCUT2D eigenvalue weighted by atomic mass is 10.2. The molecular formula is C25H33Cl2N5O2. The van der Waals surface area contributed by atoms with Crippen molar-refractivity contribution in [3.63, 3.8) is 0 Å². The van der Waals surface area contributed by atoms with E-state index in [0.717, 1.165) is 31.7 Å². The Labute approximate surface area is 211 Å².